The van der Waals surface area contributed by atoms with Gasteiger partial charge in [0.05, 0.1) is 0 Å². The van der Waals surface area contributed by atoms with Crippen LogP contribution in [0.1, 0.15) is 65.7 Å². The van der Waals surface area contributed by atoms with Crippen LogP contribution in [-0.2, 0) is 4.79 Å². The summed E-state index contributed by atoms with van der Waals surface area (Å²) in [7, 11) is 0. The third-order valence-corrected chi connectivity index (χ3v) is 5.66. The molecule has 122 valence electrons. The first-order valence-corrected chi connectivity index (χ1v) is 8.78. The van der Waals surface area contributed by atoms with Crippen LogP contribution in [0.4, 0.5) is 0 Å². The van der Waals surface area contributed by atoms with Crippen LogP contribution in [-0.4, -0.2) is 35.6 Å². The van der Waals surface area contributed by atoms with Gasteiger partial charge in [-0.1, -0.05) is 20.8 Å². The Bertz CT molecular complexity index is 340. The van der Waals surface area contributed by atoms with Gasteiger partial charge in [0.1, 0.15) is 0 Å². The van der Waals surface area contributed by atoms with Gasteiger partial charge in [-0.25, -0.2) is 0 Å². The third-order valence-electron chi connectivity index (χ3n) is 5.66. The van der Waals surface area contributed by atoms with E-state index in [0.29, 0.717) is 23.2 Å². The summed E-state index contributed by atoms with van der Waals surface area (Å²) in [5, 5.41) is 9.28. The van der Waals surface area contributed by atoms with E-state index in [9.17, 15) is 9.90 Å². The fraction of sp³-hybridized carbons (Fsp3) is 0.944. The molecule has 2 aliphatic rings. The summed E-state index contributed by atoms with van der Waals surface area (Å²) in [6, 6.07) is 0. The van der Waals surface area contributed by atoms with Crippen LogP contribution >= 0.6 is 0 Å². The summed E-state index contributed by atoms with van der Waals surface area (Å²) >= 11 is 0. The van der Waals surface area contributed by atoms with Crippen molar-refractivity contribution in [2.24, 2.45) is 23.2 Å². The summed E-state index contributed by atoms with van der Waals surface area (Å²) in [4.78, 5) is 14.5. The maximum absolute atomic E-state index is 12.5. The van der Waals surface area contributed by atoms with Crippen LogP contribution in [0.5, 0.6) is 0 Å². The smallest absolute Gasteiger partial charge is 0.222 e. The lowest BCUT2D eigenvalue weighted by Gasteiger charge is -2.38. The number of piperidine rings is 1. The topological polar surface area (TPSA) is 40.5 Å². The van der Waals surface area contributed by atoms with E-state index < -0.39 is 0 Å². The number of rotatable bonds is 3. The Labute approximate surface area is 130 Å². The Morgan fingerprint density at radius 1 is 1.10 bits per heavy atom. The summed E-state index contributed by atoms with van der Waals surface area (Å²) < 4.78 is 0. The van der Waals surface area contributed by atoms with Gasteiger partial charge in [-0.2, -0.15) is 0 Å². The average Bonchev–Trinajstić information content (AvgIpc) is 2.47. The summed E-state index contributed by atoms with van der Waals surface area (Å²) in [5.41, 5.74) is 0.413. The van der Waals surface area contributed by atoms with E-state index in [1.165, 1.54) is 25.7 Å². The molecular weight excluding hydrogens is 262 g/mol. The minimum absolute atomic E-state index is 0.223. The van der Waals surface area contributed by atoms with Crippen LogP contribution in [0, 0.1) is 23.2 Å². The van der Waals surface area contributed by atoms with Crippen LogP contribution < -0.4 is 0 Å². The number of likely N-dealkylation sites (tertiary alicyclic amines) is 1. The van der Waals surface area contributed by atoms with E-state index in [-0.39, 0.29) is 6.61 Å². The molecule has 3 nitrogen and oxygen atoms in total. The first-order valence-electron chi connectivity index (χ1n) is 8.78. The predicted octanol–water partition coefficient (Wildman–Crippen LogP) is 3.46. The molecule has 2 fully saturated rings. The maximum Gasteiger partial charge on any atom is 0.222 e. The van der Waals surface area contributed by atoms with Crippen LogP contribution in [0.15, 0.2) is 0 Å². The predicted molar refractivity (Wildman–Crippen MR) is 85.9 cm³/mol. The molecule has 1 amide bonds. The zero-order chi connectivity index (χ0) is 15.5. The van der Waals surface area contributed by atoms with Crippen molar-refractivity contribution in [2.75, 3.05) is 19.7 Å². The zero-order valence-corrected chi connectivity index (χ0v) is 14.1. The van der Waals surface area contributed by atoms with Gasteiger partial charge in [-0.3, -0.25) is 4.79 Å². The minimum Gasteiger partial charge on any atom is -0.396 e. The van der Waals surface area contributed by atoms with Gasteiger partial charge in [0.25, 0.3) is 0 Å². The fourth-order valence-electron chi connectivity index (χ4n) is 4.05. The molecule has 1 heterocycles. The van der Waals surface area contributed by atoms with Crippen molar-refractivity contribution < 1.29 is 9.90 Å². The number of nitrogens with zero attached hydrogens (tertiary/aromatic N) is 1. The van der Waals surface area contributed by atoms with Crippen molar-refractivity contribution in [3.63, 3.8) is 0 Å². The van der Waals surface area contributed by atoms with Crippen molar-refractivity contribution >= 4 is 5.91 Å². The molecule has 0 bridgehead atoms. The molecule has 1 saturated carbocycles. The second kappa shape index (κ2) is 7.13. The highest BCUT2D eigenvalue weighted by Gasteiger charge is 2.31. The molecule has 0 aromatic carbocycles. The van der Waals surface area contributed by atoms with E-state index in [1.54, 1.807) is 0 Å². The molecule has 0 radical (unpaired) electrons. The number of amides is 1. The van der Waals surface area contributed by atoms with Crippen LogP contribution in [0.2, 0.25) is 0 Å². The van der Waals surface area contributed by atoms with Crippen molar-refractivity contribution in [3.05, 3.63) is 0 Å². The largest absolute Gasteiger partial charge is 0.396 e. The first kappa shape index (κ1) is 16.8. The van der Waals surface area contributed by atoms with Gasteiger partial charge >= 0.3 is 0 Å². The summed E-state index contributed by atoms with van der Waals surface area (Å²) in [6.07, 6.45) is 7.83. The van der Waals surface area contributed by atoms with E-state index in [4.69, 9.17) is 0 Å². The second-order valence-electron chi connectivity index (χ2n) is 8.32. The van der Waals surface area contributed by atoms with Crippen molar-refractivity contribution in [1.29, 1.82) is 0 Å². The number of carbonyl (C=O) groups excluding carboxylic acids is 1. The Morgan fingerprint density at radius 3 is 2.33 bits per heavy atom. The van der Waals surface area contributed by atoms with Gasteiger partial charge in [-0.15, -0.1) is 0 Å². The Kier molecular flexibility index (Phi) is 5.70. The van der Waals surface area contributed by atoms with Crippen LogP contribution in [0.3, 0.4) is 0 Å². The number of aliphatic hydroxyl groups is 1. The number of hydrogen-bond acceptors (Lipinski definition) is 2. The molecule has 21 heavy (non-hydrogen) atoms. The molecule has 2 rings (SSSR count). The molecule has 0 aromatic heterocycles. The molecular formula is C18H33NO2. The normalized spacial score (nSPS) is 31.2. The molecule has 1 aliphatic carbocycles. The minimum atomic E-state index is 0.223. The molecule has 1 unspecified atom stereocenters. The van der Waals surface area contributed by atoms with Gasteiger partial charge in [-0.05, 0) is 61.7 Å². The van der Waals surface area contributed by atoms with E-state index in [2.05, 4.69) is 20.8 Å². The monoisotopic (exact) mass is 295 g/mol. The van der Waals surface area contributed by atoms with Gasteiger partial charge in [0.15, 0.2) is 0 Å². The lowest BCUT2D eigenvalue weighted by atomic mass is 9.69. The summed E-state index contributed by atoms with van der Waals surface area (Å²) in [6.45, 7) is 8.91. The maximum atomic E-state index is 12.5. The van der Waals surface area contributed by atoms with Gasteiger partial charge < -0.3 is 10.0 Å². The van der Waals surface area contributed by atoms with Gasteiger partial charge in [0, 0.05) is 26.1 Å². The SMILES string of the molecule is CC(C)(C)C1CCC(CC(=O)N2CCCC(CO)C2)CC1. The summed E-state index contributed by atoms with van der Waals surface area (Å²) in [5.74, 6) is 2.04. The lowest BCUT2D eigenvalue weighted by Crippen LogP contribution is -2.41. The van der Waals surface area contributed by atoms with Crippen molar-refractivity contribution in [1.82, 2.24) is 4.90 Å². The van der Waals surface area contributed by atoms with Crippen molar-refractivity contribution in [3.8, 4) is 0 Å². The Balaban J connectivity index is 1.76. The highest BCUT2D eigenvalue weighted by atomic mass is 16.3. The molecule has 1 atom stereocenters. The standard InChI is InChI=1S/C18H33NO2/c1-18(2,3)16-8-6-14(7-9-16)11-17(21)19-10-4-5-15(12-19)13-20/h14-16,20H,4-13H2,1-3H3. The first-order chi connectivity index (χ1) is 9.90. The quantitative estimate of drug-likeness (QED) is 0.866. The fourth-order valence-corrected chi connectivity index (χ4v) is 4.05. The van der Waals surface area contributed by atoms with Gasteiger partial charge in [0.2, 0.25) is 5.91 Å². The third kappa shape index (κ3) is 4.70. The highest BCUT2D eigenvalue weighted by Crippen LogP contribution is 2.40. The van der Waals surface area contributed by atoms with Crippen LogP contribution in [0.25, 0.3) is 0 Å². The van der Waals surface area contributed by atoms with E-state index in [1.807, 2.05) is 4.90 Å². The van der Waals surface area contributed by atoms with E-state index in [0.717, 1.165) is 38.3 Å². The van der Waals surface area contributed by atoms with E-state index >= 15 is 0 Å². The molecule has 1 aliphatic heterocycles. The average molecular weight is 295 g/mol. The number of hydrogen-bond donors (Lipinski definition) is 1. The van der Waals surface area contributed by atoms with Crippen molar-refractivity contribution in [2.45, 2.75) is 65.7 Å². The zero-order valence-electron chi connectivity index (χ0n) is 14.1. The molecule has 0 aromatic rings. The Morgan fingerprint density at radius 2 is 1.76 bits per heavy atom. The lowest BCUT2D eigenvalue weighted by molar-refractivity contribution is -0.134. The highest BCUT2D eigenvalue weighted by molar-refractivity contribution is 5.76. The second-order valence-corrected chi connectivity index (χ2v) is 8.32. The molecule has 0 spiro atoms. The molecule has 1 N–H and O–H groups in total. The Hall–Kier alpha value is -0.570. The number of carbonyl (C=O) groups is 1. The number of aliphatic hydroxyl groups excluding tert-OH is 1. The molecule has 3 heteroatoms. The molecule has 1 saturated heterocycles.